The standard InChI is InChI=1S/C18H14Cl2N2O4S/c19-13-8-12(9-14(20)10-13)18(23)22-15-3-5-17(6-4-15)27(24,25)21-11-16-2-1-7-26-16/h1-10,21H,11H2,(H,22,23). The maximum atomic E-state index is 12.3. The summed E-state index contributed by atoms with van der Waals surface area (Å²) in [5, 5.41) is 3.35. The number of carbonyl (C=O) groups excluding carboxylic acids is 1. The molecule has 9 heteroatoms. The largest absolute Gasteiger partial charge is 0.468 e. The lowest BCUT2D eigenvalue weighted by Crippen LogP contribution is -2.23. The van der Waals surface area contributed by atoms with Crippen LogP contribution >= 0.6 is 23.2 Å². The molecule has 3 aromatic rings. The Morgan fingerprint density at radius 2 is 1.67 bits per heavy atom. The van der Waals surface area contributed by atoms with E-state index in [1.54, 1.807) is 12.1 Å². The topological polar surface area (TPSA) is 88.4 Å². The van der Waals surface area contributed by atoms with Gasteiger partial charge in [-0.05, 0) is 54.6 Å². The molecule has 0 saturated heterocycles. The van der Waals surface area contributed by atoms with Crippen molar-refractivity contribution >= 4 is 44.8 Å². The molecular formula is C18H14Cl2N2O4S. The summed E-state index contributed by atoms with van der Waals surface area (Å²) in [5.41, 5.74) is 0.727. The summed E-state index contributed by atoms with van der Waals surface area (Å²) in [7, 11) is -3.70. The van der Waals surface area contributed by atoms with Crippen LogP contribution < -0.4 is 10.0 Å². The highest BCUT2D eigenvalue weighted by Crippen LogP contribution is 2.21. The van der Waals surface area contributed by atoms with Crippen LogP contribution in [0.2, 0.25) is 10.0 Å². The summed E-state index contributed by atoms with van der Waals surface area (Å²) >= 11 is 11.8. The average Bonchev–Trinajstić information content (AvgIpc) is 3.13. The molecule has 1 amide bonds. The molecule has 0 unspecified atom stereocenters. The van der Waals surface area contributed by atoms with Gasteiger partial charge >= 0.3 is 0 Å². The van der Waals surface area contributed by atoms with Gasteiger partial charge in [-0.1, -0.05) is 23.2 Å². The molecule has 6 nitrogen and oxygen atoms in total. The lowest BCUT2D eigenvalue weighted by molar-refractivity contribution is 0.102. The van der Waals surface area contributed by atoms with Crippen LogP contribution in [0, 0.1) is 0 Å². The van der Waals surface area contributed by atoms with Gasteiger partial charge < -0.3 is 9.73 Å². The highest BCUT2D eigenvalue weighted by Gasteiger charge is 2.15. The van der Waals surface area contributed by atoms with Crippen LogP contribution in [0.15, 0.2) is 70.2 Å². The van der Waals surface area contributed by atoms with E-state index in [1.807, 2.05) is 0 Å². The Labute approximate surface area is 166 Å². The zero-order chi connectivity index (χ0) is 19.4. The molecule has 2 N–H and O–H groups in total. The third kappa shape index (κ3) is 5.11. The van der Waals surface area contributed by atoms with E-state index in [0.29, 0.717) is 27.1 Å². The first-order chi connectivity index (χ1) is 12.8. The molecule has 27 heavy (non-hydrogen) atoms. The number of hydrogen-bond acceptors (Lipinski definition) is 4. The summed E-state index contributed by atoms with van der Waals surface area (Å²) in [6.07, 6.45) is 1.47. The number of benzene rings is 2. The first-order valence-corrected chi connectivity index (χ1v) is 9.97. The minimum atomic E-state index is -3.70. The smallest absolute Gasteiger partial charge is 0.255 e. The fourth-order valence-electron chi connectivity index (χ4n) is 2.27. The van der Waals surface area contributed by atoms with Crippen molar-refractivity contribution in [2.24, 2.45) is 0 Å². The normalized spacial score (nSPS) is 11.3. The van der Waals surface area contributed by atoms with Gasteiger partial charge in [0, 0.05) is 21.3 Å². The molecule has 0 saturated carbocycles. The predicted octanol–water partition coefficient (Wildman–Crippen LogP) is 4.32. The first kappa shape index (κ1) is 19.4. The highest BCUT2D eigenvalue weighted by molar-refractivity contribution is 7.89. The summed E-state index contributed by atoms with van der Waals surface area (Å²) in [6, 6.07) is 13.6. The van der Waals surface area contributed by atoms with Gasteiger partial charge in [0.25, 0.3) is 5.91 Å². The second-order valence-corrected chi connectivity index (χ2v) is 8.18. The second kappa shape index (κ2) is 8.14. The number of carbonyl (C=O) groups is 1. The van der Waals surface area contributed by atoms with Gasteiger partial charge in [-0.25, -0.2) is 13.1 Å². The van der Waals surface area contributed by atoms with Gasteiger partial charge in [0.1, 0.15) is 5.76 Å². The van der Waals surface area contributed by atoms with Gasteiger partial charge in [0.05, 0.1) is 17.7 Å². The molecule has 1 heterocycles. The Kier molecular flexibility index (Phi) is 5.86. The second-order valence-electron chi connectivity index (χ2n) is 5.54. The summed E-state index contributed by atoms with van der Waals surface area (Å²) in [4.78, 5) is 12.3. The Morgan fingerprint density at radius 1 is 1.00 bits per heavy atom. The summed E-state index contributed by atoms with van der Waals surface area (Å²) < 4.78 is 32.1. The van der Waals surface area contributed by atoms with Crippen molar-refractivity contribution < 1.29 is 17.6 Å². The van der Waals surface area contributed by atoms with Crippen LogP contribution in [-0.2, 0) is 16.6 Å². The van der Waals surface area contributed by atoms with Gasteiger partial charge in [-0.15, -0.1) is 0 Å². The number of hydrogen-bond donors (Lipinski definition) is 2. The van der Waals surface area contributed by atoms with E-state index in [-0.39, 0.29) is 11.4 Å². The summed E-state index contributed by atoms with van der Waals surface area (Å²) in [6.45, 7) is 0.0450. The van der Waals surface area contributed by atoms with Gasteiger partial charge in [0.15, 0.2) is 0 Å². The molecule has 1 aromatic heterocycles. The van der Waals surface area contributed by atoms with Crippen molar-refractivity contribution in [2.45, 2.75) is 11.4 Å². The minimum absolute atomic E-state index is 0.0450. The first-order valence-electron chi connectivity index (χ1n) is 7.73. The van der Waals surface area contributed by atoms with Crippen molar-refractivity contribution in [3.63, 3.8) is 0 Å². The monoisotopic (exact) mass is 424 g/mol. The molecule has 0 aliphatic heterocycles. The third-order valence-corrected chi connectivity index (χ3v) is 5.42. The van der Waals surface area contributed by atoms with E-state index in [9.17, 15) is 13.2 Å². The lowest BCUT2D eigenvalue weighted by Gasteiger charge is -2.08. The fraction of sp³-hybridized carbons (Fsp3) is 0.0556. The van der Waals surface area contributed by atoms with Crippen LogP contribution in [0.25, 0.3) is 0 Å². The molecule has 0 radical (unpaired) electrons. The van der Waals surface area contributed by atoms with Crippen molar-refractivity contribution in [2.75, 3.05) is 5.32 Å². The zero-order valence-corrected chi connectivity index (χ0v) is 16.1. The highest BCUT2D eigenvalue weighted by atomic mass is 35.5. The summed E-state index contributed by atoms with van der Waals surface area (Å²) in [5.74, 6) is 0.0913. The number of rotatable bonds is 6. The van der Waals surface area contributed by atoms with Crippen molar-refractivity contribution in [3.8, 4) is 0 Å². The molecule has 0 aliphatic carbocycles. The van der Waals surface area contributed by atoms with Crippen LogP contribution in [0.5, 0.6) is 0 Å². The van der Waals surface area contributed by atoms with Crippen LogP contribution in [-0.4, -0.2) is 14.3 Å². The molecule has 0 aliphatic rings. The molecule has 2 aromatic carbocycles. The molecular weight excluding hydrogens is 411 g/mol. The minimum Gasteiger partial charge on any atom is -0.468 e. The van der Waals surface area contributed by atoms with E-state index in [1.165, 1.54) is 48.7 Å². The van der Waals surface area contributed by atoms with E-state index in [0.717, 1.165) is 0 Å². The lowest BCUT2D eigenvalue weighted by atomic mass is 10.2. The molecule has 3 rings (SSSR count). The Morgan fingerprint density at radius 3 is 2.26 bits per heavy atom. The molecule has 0 bridgehead atoms. The quantitative estimate of drug-likeness (QED) is 0.616. The van der Waals surface area contributed by atoms with E-state index in [4.69, 9.17) is 27.6 Å². The average molecular weight is 425 g/mol. The Hall–Kier alpha value is -2.32. The van der Waals surface area contributed by atoms with E-state index in [2.05, 4.69) is 10.0 Å². The molecule has 0 fully saturated rings. The maximum absolute atomic E-state index is 12.3. The number of amides is 1. The SMILES string of the molecule is O=C(Nc1ccc(S(=O)(=O)NCc2ccco2)cc1)c1cc(Cl)cc(Cl)c1. The molecule has 140 valence electrons. The number of sulfonamides is 1. The Balaban J connectivity index is 1.68. The maximum Gasteiger partial charge on any atom is 0.255 e. The van der Waals surface area contributed by atoms with Crippen molar-refractivity contribution in [1.82, 2.24) is 4.72 Å². The predicted molar refractivity (Wildman–Crippen MR) is 104 cm³/mol. The number of halogens is 2. The zero-order valence-electron chi connectivity index (χ0n) is 13.8. The number of nitrogens with one attached hydrogen (secondary N) is 2. The van der Waals surface area contributed by atoms with E-state index < -0.39 is 15.9 Å². The van der Waals surface area contributed by atoms with Gasteiger partial charge in [-0.2, -0.15) is 0 Å². The van der Waals surface area contributed by atoms with Crippen LogP contribution in [0.4, 0.5) is 5.69 Å². The van der Waals surface area contributed by atoms with Crippen molar-refractivity contribution in [1.29, 1.82) is 0 Å². The van der Waals surface area contributed by atoms with Crippen LogP contribution in [0.3, 0.4) is 0 Å². The molecule has 0 atom stereocenters. The van der Waals surface area contributed by atoms with Crippen LogP contribution in [0.1, 0.15) is 16.1 Å². The van der Waals surface area contributed by atoms with Gasteiger partial charge in [0.2, 0.25) is 10.0 Å². The number of anilines is 1. The third-order valence-electron chi connectivity index (χ3n) is 3.56. The molecule has 0 spiro atoms. The van der Waals surface area contributed by atoms with Gasteiger partial charge in [-0.3, -0.25) is 4.79 Å². The number of furan rings is 1. The fourth-order valence-corrected chi connectivity index (χ4v) is 3.79. The van der Waals surface area contributed by atoms with Crippen molar-refractivity contribution in [3.05, 3.63) is 82.2 Å². The Bertz CT molecular complexity index is 1030. The van der Waals surface area contributed by atoms with E-state index >= 15 is 0 Å².